The molecule has 2 rings (SSSR count). The van der Waals surface area contributed by atoms with Gasteiger partial charge in [0.1, 0.15) is 11.8 Å². The van der Waals surface area contributed by atoms with Crippen LogP contribution in [0.3, 0.4) is 0 Å². The Morgan fingerprint density at radius 1 is 1.11 bits per heavy atom. The molecule has 2 aromatic rings. The van der Waals surface area contributed by atoms with Gasteiger partial charge in [-0.05, 0) is 29.8 Å². The van der Waals surface area contributed by atoms with Gasteiger partial charge in [0.05, 0.1) is 0 Å². The fourth-order valence-electron chi connectivity index (χ4n) is 2.35. The van der Waals surface area contributed by atoms with Crippen LogP contribution in [0.15, 0.2) is 36.4 Å². The molecule has 0 aliphatic carbocycles. The van der Waals surface area contributed by atoms with Crippen LogP contribution in [-0.2, 0) is 17.9 Å². The van der Waals surface area contributed by atoms with E-state index >= 15 is 0 Å². The number of benzene rings is 2. The number of halogens is 2. The zero-order chi connectivity index (χ0) is 20.0. The quantitative estimate of drug-likeness (QED) is 0.453. The summed E-state index contributed by atoms with van der Waals surface area (Å²) in [6.07, 6.45) is 0. The first-order chi connectivity index (χ1) is 12.8. The molecular weight excluding hydrogens is 393 g/mol. The zero-order valence-corrected chi connectivity index (χ0v) is 15.7. The number of hydrogen-bond donors (Lipinski definition) is 5. The van der Waals surface area contributed by atoms with E-state index in [4.69, 9.17) is 34.0 Å². The number of carboxylic acid groups (broad SMARTS) is 1. The second-order valence-corrected chi connectivity index (χ2v) is 6.59. The number of carbonyl (C=O) groups excluding carboxylic acids is 1. The van der Waals surface area contributed by atoms with Gasteiger partial charge in [0.2, 0.25) is 0 Å². The fraction of sp³-hybridized carbons (Fsp3) is 0.222. The molecule has 0 aliphatic rings. The molecule has 1 atom stereocenters. The van der Waals surface area contributed by atoms with Crippen molar-refractivity contribution in [1.29, 1.82) is 0 Å². The van der Waals surface area contributed by atoms with Gasteiger partial charge in [0.15, 0.2) is 0 Å². The van der Waals surface area contributed by atoms with E-state index in [0.717, 1.165) is 5.56 Å². The molecule has 0 radical (unpaired) electrons. The Balaban J connectivity index is 2.06. The summed E-state index contributed by atoms with van der Waals surface area (Å²) < 4.78 is 0. The number of nitrogens with two attached hydrogens (primary N) is 1. The monoisotopic (exact) mass is 411 g/mol. The molecule has 0 spiro atoms. The van der Waals surface area contributed by atoms with Crippen LogP contribution in [0.4, 0.5) is 0 Å². The van der Waals surface area contributed by atoms with E-state index in [-0.39, 0.29) is 46.9 Å². The number of carbonyl (C=O) groups is 2. The lowest BCUT2D eigenvalue weighted by Gasteiger charge is -2.15. The summed E-state index contributed by atoms with van der Waals surface area (Å²) in [4.78, 5) is 23.3. The Morgan fingerprint density at radius 2 is 1.78 bits per heavy atom. The Bertz CT molecular complexity index is 822. The molecular formula is C18H19Cl2N3O4. The number of amides is 1. The minimum atomic E-state index is -1.08. The average Bonchev–Trinajstić information content (AvgIpc) is 2.61. The third kappa shape index (κ3) is 5.83. The number of hydrogen-bond acceptors (Lipinski definition) is 5. The maximum Gasteiger partial charge on any atom is 0.322 e. The summed E-state index contributed by atoms with van der Waals surface area (Å²) in [7, 11) is 0. The average molecular weight is 412 g/mol. The lowest BCUT2D eigenvalue weighted by atomic mass is 10.1. The van der Waals surface area contributed by atoms with Gasteiger partial charge in [-0.15, -0.1) is 0 Å². The fourth-order valence-corrected chi connectivity index (χ4v) is 2.97. The molecule has 0 unspecified atom stereocenters. The van der Waals surface area contributed by atoms with Crippen molar-refractivity contribution in [3.8, 4) is 5.75 Å². The maximum absolute atomic E-state index is 12.3. The molecule has 7 nitrogen and oxygen atoms in total. The first kappa shape index (κ1) is 21.0. The van der Waals surface area contributed by atoms with Crippen molar-refractivity contribution in [2.45, 2.75) is 19.1 Å². The Hall–Kier alpha value is -2.32. The molecule has 0 aromatic heterocycles. The van der Waals surface area contributed by atoms with E-state index in [1.165, 1.54) is 18.2 Å². The minimum absolute atomic E-state index is 0.0832. The van der Waals surface area contributed by atoms with Crippen molar-refractivity contribution in [3.05, 3.63) is 63.1 Å². The van der Waals surface area contributed by atoms with Crippen LogP contribution in [0.25, 0.3) is 0 Å². The smallest absolute Gasteiger partial charge is 0.322 e. The summed E-state index contributed by atoms with van der Waals surface area (Å²) >= 11 is 12.4. The summed E-state index contributed by atoms with van der Waals surface area (Å²) in [5, 5.41) is 24.4. The molecule has 144 valence electrons. The zero-order valence-electron chi connectivity index (χ0n) is 14.2. The maximum atomic E-state index is 12.3. The van der Waals surface area contributed by atoms with E-state index in [2.05, 4.69) is 10.6 Å². The minimum Gasteiger partial charge on any atom is -0.508 e. The number of aliphatic carboxylic acids is 1. The Kier molecular flexibility index (Phi) is 7.44. The van der Waals surface area contributed by atoms with Gasteiger partial charge in [-0.2, -0.15) is 0 Å². The van der Waals surface area contributed by atoms with Gasteiger partial charge in [-0.3, -0.25) is 14.9 Å². The lowest BCUT2D eigenvalue weighted by Crippen LogP contribution is -2.42. The van der Waals surface area contributed by atoms with Crippen molar-refractivity contribution in [1.82, 2.24) is 10.6 Å². The summed E-state index contributed by atoms with van der Waals surface area (Å²) in [6, 6.07) is 8.52. The predicted octanol–water partition coefficient (Wildman–Crippen LogP) is 2.13. The van der Waals surface area contributed by atoms with E-state index in [9.17, 15) is 14.7 Å². The summed E-state index contributed by atoms with van der Waals surface area (Å²) in [5.74, 6) is -1.35. The highest BCUT2D eigenvalue weighted by Gasteiger charge is 2.17. The van der Waals surface area contributed by atoms with Crippen molar-refractivity contribution in [2.24, 2.45) is 5.73 Å². The van der Waals surface area contributed by atoms with Crippen LogP contribution >= 0.6 is 23.2 Å². The number of carboxylic acids is 1. The highest BCUT2D eigenvalue weighted by Crippen LogP contribution is 2.27. The highest BCUT2D eigenvalue weighted by molar-refractivity contribution is 6.36. The van der Waals surface area contributed by atoms with Crippen molar-refractivity contribution < 1.29 is 19.8 Å². The Labute approximate surface area is 166 Å². The third-order valence-corrected chi connectivity index (χ3v) is 4.50. The van der Waals surface area contributed by atoms with Crippen LogP contribution < -0.4 is 16.4 Å². The first-order valence-corrected chi connectivity index (χ1v) is 8.77. The summed E-state index contributed by atoms with van der Waals surface area (Å²) in [6.45, 7) is 0.236. The topological polar surface area (TPSA) is 125 Å². The molecule has 0 saturated heterocycles. The van der Waals surface area contributed by atoms with Crippen molar-refractivity contribution in [2.75, 3.05) is 6.54 Å². The van der Waals surface area contributed by atoms with Gasteiger partial charge in [0, 0.05) is 40.8 Å². The van der Waals surface area contributed by atoms with E-state index in [1.807, 2.05) is 0 Å². The number of rotatable bonds is 8. The van der Waals surface area contributed by atoms with Crippen LogP contribution in [-0.4, -0.2) is 34.7 Å². The van der Waals surface area contributed by atoms with Crippen LogP contribution in [0.2, 0.25) is 10.0 Å². The lowest BCUT2D eigenvalue weighted by molar-refractivity contribution is -0.139. The molecule has 0 aliphatic heterocycles. The van der Waals surface area contributed by atoms with Crippen LogP contribution in [0.5, 0.6) is 5.75 Å². The molecule has 0 fully saturated rings. The third-order valence-electron chi connectivity index (χ3n) is 3.83. The van der Waals surface area contributed by atoms with Crippen LogP contribution in [0.1, 0.15) is 21.5 Å². The van der Waals surface area contributed by atoms with E-state index in [1.54, 1.807) is 18.2 Å². The first-order valence-electron chi connectivity index (χ1n) is 8.02. The van der Waals surface area contributed by atoms with Gasteiger partial charge < -0.3 is 21.3 Å². The number of phenolic OH excluding ortho intramolecular Hbond substituents is 1. The van der Waals surface area contributed by atoms with Gasteiger partial charge >= 0.3 is 5.97 Å². The summed E-state index contributed by atoms with van der Waals surface area (Å²) in [5.41, 5.74) is 6.87. The largest absolute Gasteiger partial charge is 0.508 e. The van der Waals surface area contributed by atoms with Gasteiger partial charge in [0.25, 0.3) is 5.91 Å². The van der Waals surface area contributed by atoms with Crippen LogP contribution in [0, 0.1) is 0 Å². The molecule has 27 heavy (non-hydrogen) atoms. The molecule has 0 bridgehead atoms. The Morgan fingerprint density at radius 3 is 2.33 bits per heavy atom. The van der Waals surface area contributed by atoms with E-state index < -0.39 is 12.0 Å². The van der Waals surface area contributed by atoms with E-state index in [0.29, 0.717) is 5.56 Å². The van der Waals surface area contributed by atoms with Crippen molar-refractivity contribution >= 4 is 35.1 Å². The number of aromatic hydroxyl groups is 1. The van der Waals surface area contributed by atoms with Gasteiger partial charge in [-0.1, -0.05) is 35.3 Å². The van der Waals surface area contributed by atoms with Crippen molar-refractivity contribution in [3.63, 3.8) is 0 Å². The number of nitrogens with one attached hydrogen (secondary N) is 2. The molecule has 2 aromatic carbocycles. The van der Waals surface area contributed by atoms with Gasteiger partial charge in [-0.25, -0.2) is 0 Å². The SMILES string of the molecule is NC[C@H](NCc1c(Cl)cc(C(=O)NCc2cccc(O)c2)cc1Cl)C(=O)O. The highest BCUT2D eigenvalue weighted by atomic mass is 35.5. The molecule has 1 amide bonds. The number of phenols is 1. The molecule has 6 N–H and O–H groups in total. The second-order valence-electron chi connectivity index (χ2n) is 5.78. The predicted molar refractivity (Wildman–Crippen MR) is 103 cm³/mol. The molecule has 0 heterocycles. The molecule has 9 heteroatoms. The standard InChI is InChI=1S/C18H19Cl2N3O4/c19-14-5-11(17(25)23-8-10-2-1-3-12(24)4-10)6-15(20)13(14)9-22-16(7-21)18(26)27/h1-6,16,22,24H,7-9,21H2,(H,23,25)(H,26,27)/t16-/m0/s1. The normalized spacial score (nSPS) is 11.8. The molecule has 0 saturated carbocycles. The second kappa shape index (κ2) is 9.57.